The van der Waals surface area contributed by atoms with Crippen molar-refractivity contribution in [1.29, 1.82) is 0 Å². The van der Waals surface area contributed by atoms with E-state index >= 15 is 0 Å². The largest absolute Gasteiger partial charge is 0.324 e. The Bertz CT molecular complexity index is 978. The topological polar surface area (TPSA) is 59.8 Å². The van der Waals surface area contributed by atoms with Crippen LogP contribution in [0, 0.1) is 11.6 Å². The SMILES string of the molecule is C[C@H](Sc1nnc(-c2ccc(F)cc2)n1C)C(=O)Nc1ccc(F)cc1Cl. The monoisotopic (exact) mass is 408 g/mol. The number of amides is 1. The first-order chi connectivity index (χ1) is 12.8. The molecule has 0 aliphatic heterocycles. The van der Waals surface area contributed by atoms with Gasteiger partial charge >= 0.3 is 0 Å². The fourth-order valence-corrected chi connectivity index (χ4v) is 3.33. The van der Waals surface area contributed by atoms with E-state index in [1.165, 1.54) is 36.0 Å². The molecule has 0 unspecified atom stereocenters. The van der Waals surface area contributed by atoms with Crippen molar-refractivity contribution in [2.24, 2.45) is 7.05 Å². The van der Waals surface area contributed by atoms with Crippen LogP contribution < -0.4 is 5.32 Å². The van der Waals surface area contributed by atoms with E-state index in [0.29, 0.717) is 22.2 Å². The van der Waals surface area contributed by atoms with E-state index in [4.69, 9.17) is 11.6 Å². The molecule has 0 saturated carbocycles. The minimum atomic E-state index is -0.505. The lowest BCUT2D eigenvalue weighted by molar-refractivity contribution is -0.115. The number of carbonyl (C=O) groups is 1. The van der Waals surface area contributed by atoms with E-state index in [9.17, 15) is 13.6 Å². The number of benzene rings is 2. The molecule has 2 aromatic carbocycles. The zero-order valence-corrected chi connectivity index (χ0v) is 16.0. The molecule has 140 valence electrons. The Morgan fingerprint density at radius 3 is 2.48 bits per heavy atom. The third-order valence-electron chi connectivity index (χ3n) is 3.78. The summed E-state index contributed by atoms with van der Waals surface area (Å²) in [7, 11) is 1.77. The molecule has 1 N–H and O–H groups in total. The highest BCUT2D eigenvalue weighted by molar-refractivity contribution is 8.00. The summed E-state index contributed by atoms with van der Waals surface area (Å²) in [5.41, 5.74) is 1.05. The van der Waals surface area contributed by atoms with Crippen LogP contribution in [-0.4, -0.2) is 25.9 Å². The Balaban J connectivity index is 1.71. The highest BCUT2D eigenvalue weighted by atomic mass is 35.5. The summed E-state index contributed by atoms with van der Waals surface area (Å²) >= 11 is 7.14. The molecule has 0 fully saturated rings. The zero-order chi connectivity index (χ0) is 19.6. The van der Waals surface area contributed by atoms with Gasteiger partial charge in [-0.05, 0) is 49.4 Å². The average Bonchev–Trinajstić information content (AvgIpc) is 2.98. The van der Waals surface area contributed by atoms with Gasteiger partial charge in [0.05, 0.1) is 16.0 Å². The number of nitrogens with zero attached hydrogens (tertiary/aromatic N) is 3. The highest BCUT2D eigenvalue weighted by Crippen LogP contribution is 2.28. The third kappa shape index (κ3) is 4.45. The lowest BCUT2D eigenvalue weighted by Gasteiger charge is -2.12. The second-order valence-electron chi connectivity index (χ2n) is 5.75. The summed E-state index contributed by atoms with van der Waals surface area (Å²) in [4.78, 5) is 12.4. The van der Waals surface area contributed by atoms with E-state index in [1.807, 2.05) is 0 Å². The molecule has 0 spiro atoms. The van der Waals surface area contributed by atoms with Gasteiger partial charge in [0, 0.05) is 12.6 Å². The first kappa shape index (κ1) is 19.3. The van der Waals surface area contributed by atoms with Crippen molar-refractivity contribution in [3.05, 3.63) is 59.1 Å². The summed E-state index contributed by atoms with van der Waals surface area (Å²) in [6.45, 7) is 1.71. The minimum Gasteiger partial charge on any atom is -0.324 e. The van der Waals surface area contributed by atoms with Crippen molar-refractivity contribution in [2.45, 2.75) is 17.3 Å². The van der Waals surface area contributed by atoms with Crippen molar-refractivity contribution >= 4 is 35.0 Å². The molecule has 3 rings (SSSR count). The van der Waals surface area contributed by atoms with Crippen LogP contribution >= 0.6 is 23.4 Å². The third-order valence-corrected chi connectivity index (χ3v) is 5.22. The summed E-state index contributed by atoms with van der Waals surface area (Å²) in [6, 6.07) is 9.67. The normalized spacial score (nSPS) is 12.0. The van der Waals surface area contributed by atoms with Gasteiger partial charge < -0.3 is 9.88 Å². The summed E-state index contributed by atoms with van der Waals surface area (Å²) in [5.74, 6) is -0.556. The van der Waals surface area contributed by atoms with Gasteiger partial charge in [0.1, 0.15) is 11.6 Å². The molecule has 0 aliphatic rings. The first-order valence-electron chi connectivity index (χ1n) is 7.93. The number of hydrogen-bond donors (Lipinski definition) is 1. The van der Waals surface area contributed by atoms with Crippen molar-refractivity contribution in [1.82, 2.24) is 14.8 Å². The Labute approximate surface area is 163 Å². The predicted molar refractivity (Wildman–Crippen MR) is 102 cm³/mol. The Morgan fingerprint density at radius 2 is 1.81 bits per heavy atom. The molecule has 9 heteroatoms. The zero-order valence-electron chi connectivity index (χ0n) is 14.4. The molecular formula is C18H15ClF2N4OS. The number of carbonyl (C=O) groups excluding carboxylic acids is 1. The van der Waals surface area contributed by atoms with Gasteiger partial charge in [-0.1, -0.05) is 23.4 Å². The number of halogens is 3. The van der Waals surface area contributed by atoms with Crippen molar-refractivity contribution < 1.29 is 13.6 Å². The summed E-state index contributed by atoms with van der Waals surface area (Å²) < 4.78 is 27.9. The van der Waals surface area contributed by atoms with Gasteiger partial charge in [0.2, 0.25) is 5.91 Å². The molecule has 1 atom stereocenters. The van der Waals surface area contributed by atoms with Crippen molar-refractivity contribution in [3.8, 4) is 11.4 Å². The minimum absolute atomic E-state index is 0.123. The van der Waals surface area contributed by atoms with Gasteiger partial charge in [-0.25, -0.2) is 8.78 Å². The quantitative estimate of drug-likeness (QED) is 0.630. The molecule has 1 heterocycles. The number of aromatic nitrogens is 3. The highest BCUT2D eigenvalue weighted by Gasteiger charge is 2.20. The lowest BCUT2D eigenvalue weighted by atomic mass is 10.2. The van der Waals surface area contributed by atoms with Crippen LogP contribution in [0.3, 0.4) is 0 Å². The smallest absolute Gasteiger partial charge is 0.237 e. The number of hydrogen-bond acceptors (Lipinski definition) is 4. The van der Waals surface area contributed by atoms with Crippen LogP contribution in [0.4, 0.5) is 14.5 Å². The second kappa shape index (κ2) is 8.06. The van der Waals surface area contributed by atoms with E-state index in [0.717, 1.165) is 6.07 Å². The van der Waals surface area contributed by atoms with Crippen LogP contribution in [0.15, 0.2) is 47.6 Å². The van der Waals surface area contributed by atoms with Gasteiger partial charge in [-0.3, -0.25) is 4.79 Å². The summed E-state index contributed by atoms with van der Waals surface area (Å²) in [5, 5.41) is 11.0. The maximum absolute atomic E-state index is 13.1. The maximum Gasteiger partial charge on any atom is 0.237 e. The molecule has 3 aromatic rings. The average molecular weight is 409 g/mol. The fourth-order valence-electron chi connectivity index (χ4n) is 2.30. The molecule has 0 saturated heterocycles. The molecule has 0 radical (unpaired) electrons. The van der Waals surface area contributed by atoms with E-state index in [2.05, 4.69) is 15.5 Å². The van der Waals surface area contributed by atoms with Crippen LogP contribution in [-0.2, 0) is 11.8 Å². The maximum atomic E-state index is 13.1. The lowest BCUT2D eigenvalue weighted by Crippen LogP contribution is -2.23. The number of nitrogens with one attached hydrogen (secondary N) is 1. The molecular weight excluding hydrogens is 394 g/mol. The van der Waals surface area contributed by atoms with E-state index in [1.54, 1.807) is 30.7 Å². The van der Waals surface area contributed by atoms with Gasteiger partial charge in [-0.15, -0.1) is 10.2 Å². The molecule has 0 bridgehead atoms. The molecule has 1 aromatic heterocycles. The second-order valence-corrected chi connectivity index (χ2v) is 7.46. The molecule has 1 amide bonds. The number of thioether (sulfide) groups is 1. The molecule has 0 aliphatic carbocycles. The molecule has 5 nitrogen and oxygen atoms in total. The van der Waals surface area contributed by atoms with Crippen LogP contribution in [0.1, 0.15) is 6.92 Å². The Kier molecular flexibility index (Phi) is 5.76. The Hall–Kier alpha value is -2.45. The molecule has 27 heavy (non-hydrogen) atoms. The van der Waals surface area contributed by atoms with E-state index in [-0.39, 0.29) is 16.7 Å². The van der Waals surface area contributed by atoms with E-state index < -0.39 is 11.1 Å². The Morgan fingerprint density at radius 1 is 1.15 bits per heavy atom. The first-order valence-corrected chi connectivity index (χ1v) is 9.19. The predicted octanol–water partition coefficient (Wildman–Crippen LogP) is 4.53. The van der Waals surface area contributed by atoms with Crippen molar-refractivity contribution in [3.63, 3.8) is 0 Å². The van der Waals surface area contributed by atoms with Gasteiger partial charge in [0.25, 0.3) is 0 Å². The standard InChI is InChI=1S/C18H15ClF2N4OS/c1-10(17(26)22-15-8-7-13(21)9-14(15)19)27-18-24-23-16(25(18)2)11-3-5-12(20)6-4-11/h3-10H,1-2H3,(H,22,26)/t10-/m0/s1. The number of rotatable bonds is 5. The van der Waals surface area contributed by atoms with Crippen LogP contribution in [0.25, 0.3) is 11.4 Å². The van der Waals surface area contributed by atoms with Crippen molar-refractivity contribution in [2.75, 3.05) is 5.32 Å². The number of anilines is 1. The van der Waals surface area contributed by atoms with Gasteiger partial charge in [-0.2, -0.15) is 0 Å². The summed E-state index contributed by atoms with van der Waals surface area (Å²) in [6.07, 6.45) is 0. The fraction of sp³-hybridized carbons (Fsp3) is 0.167. The van der Waals surface area contributed by atoms with Crippen LogP contribution in [0.2, 0.25) is 5.02 Å². The van der Waals surface area contributed by atoms with Crippen LogP contribution in [0.5, 0.6) is 0 Å². The van der Waals surface area contributed by atoms with Gasteiger partial charge in [0.15, 0.2) is 11.0 Å².